The maximum Gasteiger partial charge on any atom is 0.108 e. The summed E-state index contributed by atoms with van der Waals surface area (Å²) in [6, 6.07) is 5.97. The summed E-state index contributed by atoms with van der Waals surface area (Å²) in [5, 5.41) is 0. The minimum absolute atomic E-state index is 0.486. The van der Waals surface area contributed by atoms with Gasteiger partial charge in [0.15, 0.2) is 0 Å². The summed E-state index contributed by atoms with van der Waals surface area (Å²) in [5.74, 6) is 1.12. The van der Waals surface area contributed by atoms with E-state index in [4.69, 9.17) is 5.73 Å². The minimum atomic E-state index is 0.486. The van der Waals surface area contributed by atoms with Crippen LogP contribution in [-0.2, 0) is 19.5 Å². The van der Waals surface area contributed by atoms with Crippen LogP contribution in [0, 0.1) is 0 Å². The molecule has 2 aromatic rings. The Hall–Kier alpha value is -1.68. The third kappa shape index (κ3) is 2.91. The molecule has 0 aliphatic heterocycles. The molecule has 2 N–H and O–H groups in total. The molecule has 0 bridgehead atoms. The maximum atomic E-state index is 5.59. The maximum absolute atomic E-state index is 5.59. The van der Waals surface area contributed by atoms with E-state index < -0.39 is 0 Å². The quantitative estimate of drug-likeness (QED) is 0.851. The molecule has 0 fully saturated rings. The lowest BCUT2D eigenvalue weighted by molar-refractivity contribution is 0.690. The van der Waals surface area contributed by atoms with Crippen molar-refractivity contribution in [3.05, 3.63) is 47.8 Å². The van der Waals surface area contributed by atoms with Crippen LogP contribution in [0.15, 0.2) is 30.6 Å². The van der Waals surface area contributed by atoms with Crippen molar-refractivity contribution >= 4 is 0 Å². The Labute approximate surface area is 102 Å². The topological polar surface area (TPSA) is 56.7 Å². The van der Waals surface area contributed by atoms with Gasteiger partial charge >= 0.3 is 0 Å². The first-order valence-electron chi connectivity index (χ1n) is 5.98. The van der Waals surface area contributed by atoms with Crippen LogP contribution in [0.4, 0.5) is 0 Å². The SMILES string of the molecule is CCCc1nccn1Cc1cccc(CN)n1. The Morgan fingerprint density at radius 2 is 2.12 bits per heavy atom. The average molecular weight is 230 g/mol. The van der Waals surface area contributed by atoms with E-state index in [9.17, 15) is 0 Å². The zero-order valence-corrected chi connectivity index (χ0v) is 10.1. The molecule has 0 unspecified atom stereocenters. The largest absolute Gasteiger partial charge is 0.329 e. The fourth-order valence-electron chi connectivity index (χ4n) is 1.84. The zero-order chi connectivity index (χ0) is 12.1. The van der Waals surface area contributed by atoms with Crippen LogP contribution in [0.1, 0.15) is 30.6 Å². The van der Waals surface area contributed by atoms with Gasteiger partial charge in [0.05, 0.1) is 17.9 Å². The molecule has 0 spiro atoms. The molecule has 2 heterocycles. The zero-order valence-electron chi connectivity index (χ0n) is 10.1. The molecular formula is C13H18N4. The van der Waals surface area contributed by atoms with E-state index in [1.165, 1.54) is 0 Å². The summed E-state index contributed by atoms with van der Waals surface area (Å²) in [5.41, 5.74) is 7.55. The fraction of sp³-hybridized carbons (Fsp3) is 0.385. The number of hydrogen-bond acceptors (Lipinski definition) is 3. The van der Waals surface area contributed by atoms with Gasteiger partial charge < -0.3 is 10.3 Å². The lowest BCUT2D eigenvalue weighted by Gasteiger charge is -2.07. The molecule has 2 rings (SSSR count). The van der Waals surface area contributed by atoms with Crippen molar-refractivity contribution < 1.29 is 0 Å². The van der Waals surface area contributed by atoms with Gasteiger partial charge in [0.1, 0.15) is 5.82 Å². The molecule has 0 atom stereocenters. The van der Waals surface area contributed by atoms with Gasteiger partial charge in [-0.15, -0.1) is 0 Å². The standard InChI is InChI=1S/C13H18N4/c1-2-4-13-15-7-8-17(13)10-12-6-3-5-11(9-14)16-12/h3,5-8H,2,4,9-10,14H2,1H3. The van der Waals surface area contributed by atoms with Crippen molar-refractivity contribution in [2.45, 2.75) is 32.9 Å². The molecule has 0 radical (unpaired) electrons. The number of nitrogens with zero attached hydrogens (tertiary/aromatic N) is 3. The Bertz CT molecular complexity index is 476. The van der Waals surface area contributed by atoms with Crippen LogP contribution in [0.5, 0.6) is 0 Å². The third-order valence-electron chi connectivity index (χ3n) is 2.68. The molecule has 2 aromatic heterocycles. The van der Waals surface area contributed by atoms with Crippen molar-refractivity contribution in [1.82, 2.24) is 14.5 Å². The molecule has 0 aliphatic rings. The second kappa shape index (κ2) is 5.59. The van der Waals surface area contributed by atoms with Gasteiger partial charge in [-0.3, -0.25) is 4.98 Å². The van der Waals surface area contributed by atoms with Gasteiger partial charge in [-0.1, -0.05) is 13.0 Å². The Morgan fingerprint density at radius 1 is 1.29 bits per heavy atom. The van der Waals surface area contributed by atoms with Gasteiger partial charge in [0.25, 0.3) is 0 Å². The summed E-state index contributed by atoms with van der Waals surface area (Å²) < 4.78 is 2.14. The monoisotopic (exact) mass is 230 g/mol. The molecule has 4 heteroatoms. The second-order valence-electron chi connectivity index (χ2n) is 4.05. The lowest BCUT2D eigenvalue weighted by Crippen LogP contribution is -2.08. The van der Waals surface area contributed by atoms with Crippen molar-refractivity contribution in [2.75, 3.05) is 0 Å². The van der Waals surface area contributed by atoms with Gasteiger partial charge in [-0.2, -0.15) is 0 Å². The Morgan fingerprint density at radius 3 is 2.88 bits per heavy atom. The van der Waals surface area contributed by atoms with E-state index in [0.29, 0.717) is 6.54 Å². The fourth-order valence-corrected chi connectivity index (χ4v) is 1.84. The smallest absolute Gasteiger partial charge is 0.108 e. The highest BCUT2D eigenvalue weighted by atomic mass is 15.1. The van der Waals surface area contributed by atoms with Crippen molar-refractivity contribution in [3.63, 3.8) is 0 Å². The average Bonchev–Trinajstić information content (AvgIpc) is 2.78. The van der Waals surface area contributed by atoms with Crippen molar-refractivity contribution in [3.8, 4) is 0 Å². The minimum Gasteiger partial charge on any atom is -0.329 e. The molecule has 17 heavy (non-hydrogen) atoms. The molecule has 0 saturated carbocycles. The lowest BCUT2D eigenvalue weighted by atomic mass is 10.3. The number of rotatable bonds is 5. The molecule has 0 amide bonds. The first-order valence-corrected chi connectivity index (χ1v) is 5.98. The van der Waals surface area contributed by atoms with Crippen LogP contribution in [0.3, 0.4) is 0 Å². The highest BCUT2D eigenvalue weighted by Gasteiger charge is 2.03. The van der Waals surface area contributed by atoms with E-state index >= 15 is 0 Å². The summed E-state index contributed by atoms with van der Waals surface area (Å²) in [7, 11) is 0. The third-order valence-corrected chi connectivity index (χ3v) is 2.68. The highest BCUT2D eigenvalue weighted by Crippen LogP contribution is 2.06. The van der Waals surface area contributed by atoms with Gasteiger partial charge in [-0.25, -0.2) is 4.98 Å². The first-order chi connectivity index (χ1) is 8.33. The summed E-state index contributed by atoms with van der Waals surface area (Å²) >= 11 is 0. The van der Waals surface area contributed by atoms with Crippen LogP contribution in [0.2, 0.25) is 0 Å². The van der Waals surface area contributed by atoms with E-state index in [1.54, 1.807) is 0 Å². The number of pyridine rings is 1. The van der Waals surface area contributed by atoms with Crippen LogP contribution >= 0.6 is 0 Å². The van der Waals surface area contributed by atoms with Crippen LogP contribution < -0.4 is 5.73 Å². The highest BCUT2D eigenvalue weighted by molar-refractivity contribution is 5.12. The molecule has 4 nitrogen and oxygen atoms in total. The molecular weight excluding hydrogens is 212 g/mol. The predicted molar refractivity (Wildman–Crippen MR) is 67.5 cm³/mol. The van der Waals surface area contributed by atoms with E-state index in [1.807, 2.05) is 30.6 Å². The van der Waals surface area contributed by atoms with E-state index in [0.717, 1.165) is 36.6 Å². The Balaban J connectivity index is 2.16. The van der Waals surface area contributed by atoms with Crippen LogP contribution in [-0.4, -0.2) is 14.5 Å². The first kappa shape index (κ1) is 11.8. The van der Waals surface area contributed by atoms with E-state index in [-0.39, 0.29) is 0 Å². The summed E-state index contributed by atoms with van der Waals surface area (Å²) in [4.78, 5) is 8.85. The van der Waals surface area contributed by atoms with Crippen LogP contribution in [0.25, 0.3) is 0 Å². The number of aryl methyl sites for hydroxylation is 1. The predicted octanol–water partition coefficient (Wildman–Crippen LogP) is 1.74. The summed E-state index contributed by atoms with van der Waals surface area (Å²) in [6.45, 7) is 3.41. The normalized spacial score (nSPS) is 10.7. The molecule has 0 aliphatic carbocycles. The number of hydrogen-bond donors (Lipinski definition) is 1. The number of aromatic nitrogens is 3. The van der Waals surface area contributed by atoms with Gasteiger partial charge in [0, 0.05) is 25.4 Å². The molecule has 0 aromatic carbocycles. The molecule has 90 valence electrons. The molecule has 0 saturated heterocycles. The summed E-state index contributed by atoms with van der Waals surface area (Å²) in [6.07, 6.45) is 5.95. The van der Waals surface area contributed by atoms with Gasteiger partial charge in [-0.05, 0) is 18.6 Å². The van der Waals surface area contributed by atoms with Crippen molar-refractivity contribution in [2.24, 2.45) is 5.73 Å². The Kier molecular flexibility index (Phi) is 3.88. The van der Waals surface area contributed by atoms with Crippen molar-refractivity contribution in [1.29, 1.82) is 0 Å². The van der Waals surface area contributed by atoms with Gasteiger partial charge in [0.2, 0.25) is 0 Å². The second-order valence-corrected chi connectivity index (χ2v) is 4.05. The number of nitrogens with two attached hydrogens (primary N) is 1. The number of imidazole rings is 1. The van der Waals surface area contributed by atoms with E-state index in [2.05, 4.69) is 21.5 Å².